The number of hydrogen-bond donors (Lipinski definition) is 1. The number of thiophene rings is 1. The molecule has 4 aromatic rings. The number of carboxylic acid groups (broad SMARTS) is 1. The zero-order valence-electron chi connectivity index (χ0n) is 21.5. The van der Waals surface area contributed by atoms with E-state index in [-0.39, 0.29) is 34.4 Å². The van der Waals surface area contributed by atoms with Gasteiger partial charge in [0.1, 0.15) is 10.6 Å². The summed E-state index contributed by atoms with van der Waals surface area (Å²) in [6.07, 6.45) is -5.21. The number of thiazole rings is 1. The minimum Gasteiger partial charge on any atom is -0.481 e. The summed E-state index contributed by atoms with van der Waals surface area (Å²) in [4.78, 5) is 54.3. The highest BCUT2D eigenvalue weighted by molar-refractivity contribution is 7.17. The number of nitrogens with zero attached hydrogens (tertiary/aromatic N) is 4. The van der Waals surface area contributed by atoms with E-state index >= 15 is 0 Å². The summed E-state index contributed by atoms with van der Waals surface area (Å²) in [6, 6.07) is 2.34. The Labute approximate surface area is 230 Å². The van der Waals surface area contributed by atoms with E-state index in [1.807, 2.05) is 0 Å². The maximum absolute atomic E-state index is 14.4. The van der Waals surface area contributed by atoms with Gasteiger partial charge < -0.3 is 9.67 Å². The van der Waals surface area contributed by atoms with Crippen LogP contribution in [0.5, 0.6) is 0 Å². The molecule has 3 aromatic heterocycles. The molecule has 1 amide bonds. The summed E-state index contributed by atoms with van der Waals surface area (Å²) < 4.78 is 57.1. The summed E-state index contributed by atoms with van der Waals surface area (Å²) in [5.74, 6) is -3.38. The molecule has 4 rings (SSSR count). The van der Waals surface area contributed by atoms with Crippen LogP contribution in [0.25, 0.3) is 21.5 Å². The molecule has 0 unspecified atom stereocenters. The first-order chi connectivity index (χ1) is 18.5. The molecule has 15 heteroatoms. The van der Waals surface area contributed by atoms with Gasteiger partial charge in [-0.3, -0.25) is 23.5 Å². The van der Waals surface area contributed by atoms with Crippen LogP contribution in [0.1, 0.15) is 25.0 Å². The molecule has 9 nitrogen and oxygen atoms in total. The first-order valence-corrected chi connectivity index (χ1v) is 13.3. The van der Waals surface area contributed by atoms with Crippen molar-refractivity contribution in [3.8, 4) is 11.3 Å². The van der Waals surface area contributed by atoms with E-state index in [1.54, 1.807) is 5.38 Å². The average molecular weight is 599 g/mol. The highest BCUT2D eigenvalue weighted by Gasteiger charge is 2.34. The molecule has 40 heavy (non-hydrogen) atoms. The summed E-state index contributed by atoms with van der Waals surface area (Å²) in [7, 11) is 2.82. The lowest BCUT2D eigenvalue weighted by molar-refractivity contribution is -0.147. The summed E-state index contributed by atoms with van der Waals surface area (Å²) >= 11 is 2.04. The highest BCUT2D eigenvalue weighted by Crippen LogP contribution is 2.34. The number of fused-ring (bicyclic) bond motifs is 1. The minimum absolute atomic E-state index is 0.0325. The van der Waals surface area contributed by atoms with Gasteiger partial charge >= 0.3 is 17.8 Å². The number of halogens is 4. The number of aliphatic carboxylic acids is 1. The Balaban J connectivity index is 1.81. The van der Waals surface area contributed by atoms with Gasteiger partial charge in [0, 0.05) is 31.6 Å². The zero-order chi connectivity index (χ0) is 29.7. The molecule has 0 atom stereocenters. The van der Waals surface area contributed by atoms with E-state index in [0.717, 1.165) is 33.3 Å². The molecule has 1 N–H and O–H groups in total. The lowest BCUT2D eigenvalue weighted by Gasteiger charge is -2.21. The topological polar surface area (TPSA) is 116 Å². The van der Waals surface area contributed by atoms with Crippen LogP contribution in [-0.2, 0) is 42.8 Å². The molecular formula is C25H22F4N4O5S2. The van der Waals surface area contributed by atoms with Gasteiger partial charge in [-0.1, -0.05) is 6.07 Å². The number of rotatable bonds is 6. The minimum atomic E-state index is -4.90. The van der Waals surface area contributed by atoms with Crippen LogP contribution >= 0.6 is 22.7 Å². The molecule has 0 spiro atoms. The van der Waals surface area contributed by atoms with E-state index in [1.165, 1.54) is 42.5 Å². The Kier molecular flexibility index (Phi) is 7.49. The van der Waals surface area contributed by atoms with Gasteiger partial charge in [-0.2, -0.15) is 18.2 Å². The van der Waals surface area contributed by atoms with Gasteiger partial charge in [0.25, 0.3) is 11.5 Å². The maximum Gasteiger partial charge on any atom is 0.419 e. The van der Waals surface area contributed by atoms with Crippen molar-refractivity contribution in [3.63, 3.8) is 0 Å². The Bertz CT molecular complexity index is 1860. The molecule has 212 valence electrons. The molecule has 0 saturated heterocycles. The summed E-state index contributed by atoms with van der Waals surface area (Å²) in [5.41, 5.74) is -3.37. The fourth-order valence-electron chi connectivity index (χ4n) is 4.03. The van der Waals surface area contributed by atoms with Crippen LogP contribution in [0.4, 0.5) is 17.6 Å². The van der Waals surface area contributed by atoms with Crippen LogP contribution in [0.3, 0.4) is 0 Å². The largest absolute Gasteiger partial charge is 0.481 e. The second-order valence-electron chi connectivity index (χ2n) is 9.70. The summed E-state index contributed by atoms with van der Waals surface area (Å²) in [5, 5.41) is 12.9. The smallest absolute Gasteiger partial charge is 0.419 e. The molecular weight excluding hydrogens is 576 g/mol. The van der Waals surface area contributed by atoms with Gasteiger partial charge in [0.05, 0.1) is 28.5 Å². The van der Waals surface area contributed by atoms with Gasteiger partial charge in [0.2, 0.25) is 0 Å². The van der Waals surface area contributed by atoms with E-state index in [2.05, 4.69) is 4.99 Å². The van der Waals surface area contributed by atoms with Gasteiger partial charge in [0.15, 0.2) is 4.80 Å². The van der Waals surface area contributed by atoms with Crippen molar-refractivity contribution in [2.45, 2.75) is 33.0 Å². The Morgan fingerprint density at radius 3 is 2.33 bits per heavy atom. The Morgan fingerprint density at radius 1 is 1.05 bits per heavy atom. The normalized spacial score (nSPS) is 12.8. The first kappa shape index (κ1) is 29.1. The number of benzene rings is 1. The molecule has 0 aliphatic rings. The van der Waals surface area contributed by atoms with E-state index < -0.39 is 46.1 Å². The van der Waals surface area contributed by atoms with Crippen molar-refractivity contribution in [3.05, 3.63) is 71.5 Å². The van der Waals surface area contributed by atoms with Crippen LogP contribution in [0.2, 0.25) is 0 Å². The fourth-order valence-corrected chi connectivity index (χ4v) is 5.99. The number of amides is 1. The Hall–Kier alpha value is -3.85. The number of carbonyl (C=O) groups is 2. The molecule has 0 fully saturated rings. The lowest BCUT2D eigenvalue weighted by atomic mass is 9.93. The van der Waals surface area contributed by atoms with Gasteiger partial charge in [-0.05, 0) is 36.9 Å². The number of carbonyl (C=O) groups excluding carboxylic acids is 1. The van der Waals surface area contributed by atoms with Gasteiger partial charge in [-0.15, -0.1) is 22.7 Å². The molecule has 0 bridgehead atoms. The monoisotopic (exact) mass is 598 g/mol. The predicted octanol–water partition coefficient (Wildman–Crippen LogP) is 3.77. The van der Waals surface area contributed by atoms with Crippen LogP contribution < -0.4 is 16.1 Å². The lowest BCUT2D eigenvalue weighted by Crippen LogP contribution is -2.36. The van der Waals surface area contributed by atoms with E-state index in [9.17, 15) is 41.8 Å². The van der Waals surface area contributed by atoms with Crippen LogP contribution in [0.15, 0.2) is 43.5 Å². The first-order valence-electron chi connectivity index (χ1n) is 11.6. The average Bonchev–Trinajstić information content (AvgIpc) is 3.44. The van der Waals surface area contributed by atoms with Crippen molar-refractivity contribution >= 4 is 44.8 Å². The third kappa shape index (κ3) is 5.30. The Morgan fingerprint density at radius 2 is 1.73 bits per heavy atom. The summed E-state index contributed by atoms with van der Waals surface area (Å²) in [6.45, 7) is 2.60. The van der Waals surface area contributed by atoms with Crippen molar-refractivity contribution in [2.75, 3.05) is 0 Å². The van der Waals surface area contributed by atoms with Crippen LogP contribution in [0, 0.1) is 11.2 Å². The third-order valence-electron chi connectivity index (χ3n) is 6.31. The van der Waals surface area contributed by atoms with E-state index in [0.29, 0.717) is 22.5 Å². The zero-order valence-corrected chi connectivity index (χ0v) is 23.1. The molecule has 0 aliphatic carbocycles. The van der Waals surface area contributed by atoms with Crippen molar-refractivity contribution in [1.82, 2.24) is 13.7 Å². The highest BCUT2D eigenvalue weighted by atomic mass is 32.1. The maximum atomic E-state index is 14.4. The second kappa shape index (κ2) is 10.3. The number of alkyl halides is 3. The number of aryl methyl sites for hydroxylation is 1. The molecule has 3 heterocycles. The standard InChI is InChI=1S/C25H22F4N4O5S2/c1-24(2,21(36)37)11-33-16(12-5-6-14(15(26)7-12)25(27,28)29)10-40-22(33)30-17(34)8-13-9-39-20-18(13)19(35)31(3)23(38)32(20)4/h5-7,9-10H,8,11H2,1-4H3,(H,36,37). The van der Waals surface area contributed by atoms with Crippen molar-refractivity contribution in [1.29, 1.82) is 0 Å². The van der Waals surface area contributed by atoms with Crippen molar-refractivity contribution < 1.29 is 32.3 Å². The predicted molar refractivity (Wildman–Crippen MR) is 141 cm³/mol. The second-order valence-corrected chi connectivity index (χ2v) is 11.4. The third-order valence-corrected chi connectivity index (χ3v) is 8.27. The fraction of sp³-hybridized carbons (Fsp3) is 0.320. The number of carboxylic acids is 1. The van der Waals surface area contributed by atoms with Crippen LogP contribution in [-0.4, -0.2) is 30.7 Å². The number of aromatic nitrogens is 3. The SMILES string of the molecule is Cn1c(=O)c2c(CC(=O)N=c3scc(-c4ccc(C(F)(F)F)c(F)c4)n3CC(C)(C)C(=O)O)csc2n(C)c1=O. The van der Waals surface area contributed by atoms with E-state index in [4.69, 9.17) is 0 Å². The molecule has 0 saturated carbocycles. The number of hydrogen-bond acceptors (Lipinski definition) is 6. The molecule has 0 aliphatic heterocycles. The molecule has 1 aromatic carbocycles. The van der Waals surface area contributed by atoms with Crippen molar-refractivity contribution in [2.24, 2.45) is 24.5 Å². The van der Waals surface area contributed by atoms with Gasteiger partial charge in [-0.25, -0.2) is 9.18 Å². The quantitative estimate of drug-likeness (QED) is 0.340. The molecule has 0 radical (unpaired) electrons.